The van der Waals surface area contributed by atoms with Gasteiger partial charge >= 0.3 is 0 Å². The zero-order valence-electron chi connectivity index (χ0n) is 6.32. The minimum absolute atomic E-state index is 0.0376. The summed E-state index contributed by atoms with van der Waals surface area (Å²) in [6, 6.07) is 5.57. The van der Waals surface area contributed by atoms with Crippen molar-refractivity contribution < 1.29 is 4.79 Å². The van der Waals surface area contributed by atoms with Crippen LogP contribution in [0.4, 0.5) is 0 Å². The average Bonchev–Trinajstić information content (AvgIpc) is 2.03. The van der Waals surface area contributed by atoms with Crippen LogP contribution in [-0.2, 0) is 4.79 Å². The zero-order chi connectivity index (χ0) is 8.10. The highest BCUT2D eigenvalue weighted by Gasteiger charge is 1.85. The van der Waals surface area contributed by atoms with Crippen molar-refractivity contribution in [2.24, 2.45) is 0 Å². The molecule has 0 saturated carbocycles. The van der Waals surface area contributed by atoms with Crippen LogP contribution >= 0.6 is 0 Å². The molecule has 0 fully saturated rings. The Morgan fingerprint density at radius 3 is 2.91 bits per heavy atom. The summed E-state index contributed by atoms with van der Waals surface area (Å²) in [5.74, 6) is 0.0376. The molecule has 0 aliphatic heterocycles. The van der Waals surface area contributed by atoms with Gasteiger partial charge < -0.3 is 0 Å². The predicted molar refractivity (Wildman–Crippen MR) is 44.0 cm³/mol. The minimum atomic E-state index is 0.0376. The molecule has 0 unspecified atom stereocenters. The fourth-order valence-electron chi connectivity index (χ4n) is 0.677. The Labute approximate surface area is 65.6 Å². The highest BCUT2D eigenvalue weighted by atomic mass is 16.1. The summed E-state index contributed by atoms with van der Waals surface area (Å²) in [5.41, 5.74) is 0.808. The minimum Gasteiger partial charge on any atom is -0.295 e. The maximum Gasteiger partial charge on any atom is 0.152 e. The lowest BCUT2D eigenvalue weighted by Crippen LogP contribution is -1.81. The van der Waals surface area contributed by atoms with Gasteiger partial charge in [-0.05, 0) is 31.2 Å². The van der Waals surface area contributed by atoms with Gasteiger partial charge in [0.05, 0.1) is 5.69 Å². The number of carbonyl (C=O) groups excluding carboxylic acids is 1. The van der Waals surface area contributed by atoms with Gasteiger partial charge in [-0.2, -0.15) is 0 Å². The van der Waals surface area contributed by atoms with Crippen molar-refractivity contribution in [1.82, 2.24) is 4.98 Å². The standard InChI is InChI=1S/C9H9NO/c1-8(11)5-6-9-4-2-3-7-10-9/h2-7H,1H3/b6-5+. The Balaban J connectivity index is 2.72. The number of hydrogen-bond donors (Lipinski definition) is 0. The van der Waals surface area contributed by atoms with Gasteiger partial charge in [0, 0.05) is 6.20 Å². The van der Waals surface area contributed by atoms with Crippen molar-refractivity contribution in [2.45, 2.75) is 6.92 Å². The normalized spacial score (nSPS) is 10.3. The largest absolute Gasteiger partial charge is 0.295 e. The first-order valence-electron chi connectivity index (χ1n) is 3.39. The third-order valence-electron chi connectivity index (χ3n) is 1.18. The summed E-state index contributed by atoms with van der Waals surface area (Å²) in [6.45, 7) is 1.51. The van der Waals surface area contributed by atoms with E-state index in [1.54, 1.807) is 12.3 Å². The second kappa shape index (κ2) is 3.66. The highest BCUT2D eigenvalue weighted by Crippen LogP contribution is 1.95. The molecule has 0 aliphatic rings. The molecule has 0 N–H and O–H groups in total. The van der Waals surface area contributed by atoms with Crippen LogP contribution < -0.4 is 0 Å². The Morgan fingerprint density at radius 2 is 2.36 bits per heavy atom. The molecule has 0 radical (unpaired) electrons. The third-order valence-corrected chi connectivity index (χ3v) is 1.18. The van der Waals surface area contributed by atoms with Crippen molar-refractivity contribution >= 4 is 11.9 Å². The molecule has 1 rings (SSSR count). The second-order valence-corrected chi connectivity index (χ2v) is 2.20. The lowest BCUT2D eigenvalue weighted by atomic mass is 10.3. The van der Waals surface area contributed by atoms with E-state index in [9.17, 15) is 4.79 Å². The molecular weight excluding hydrogens is 138 g/mol. The van der Waals surface area contributed by atoms with Gasteiger partial charge in [-0.25, -0.2) is 0 Å². The van der Waals surface area contributed by atoms with Crippen molar-refractivity contribution in [3.63, 3.8) is 0 Å². The first kappa shape index (κ1) is 7.66. The smallest absolute Gasteiger partial charge is 0.152 e. The molecule has 0 saturated heterocycles. The number of hydrogen-bond acceptors (Lipinski definition) is 2. The van der Waals surface area contributed by atoms with Gasteiger partial charge in [0.15, 0.2) is 5.78 Å². The maximum atomic E-state index is 10.5. The van der Waals surface area contributed by atoms with E-state index in [1.807, 2.05) is 18.2 Å². The SMILES string of the molecule is CC(=O)/C=C/c1ccccn1. The highest BCUT2D eigenvalue weighted by molar-refractivity contribution is 5.91. The molecule has 0 aliphatic carbocycles. The number of ketones is 1. The van der Waals surface area contributed by atoms with E-state index in [4.69, 9.17) is 0 Å². The Bertz CT molecular complexity index is 264. The fourth-order valence-corrected chi connectivity index (χ4v) is 0.677. The van der Waals surface area contributed by atoms with Crippen LogP contribution in [0, 0.1) is 0 Å². The molecule has 2 heteroatoms. The van der Waals surface area contributed by atoms with Gasteiger partial charge in [-0.1, -0.05) is 6.07 Å². The number of allylic oxidation sites excluding steroid dienone is 1. The van der Waals surface area contributed by atoms with E-state index in [0.717, 1.165) is 5.69 Å². The van der Waals surface area contributed by atoms with E-state index in [1.165, 1.54) is 13.0 Å². The molecule has 0 bridgehead atoms. The van der Waals surface area contributed by atoms with Crippen molar-refractivity contribution in [1.29, 1.82) is 0 Å². The van der Waals surface area contributed by atoms with Gasteiger partial charge in [0.1, 0.15) is 0 Å². The average molecular weight is 147 g/mol. The molecule has 56 valence electrons. The van der Waals surface area contributed by atoms with Crippen LogP contribution in [0.1, 0.15) is 12.6 Å². The van der Waals surface area contributed by atoms with Crippen LogP contribution in [0.15, 0.2) is 30.5 Å². The van der Waals surface area contributed by atoms with Crippen LogP contribution in [0.25, 0.3) is 6.08 Å². The topological polar surface area (TPSA) is 30.0 Å². The van der Waals surface area contributed by atoms with Gasteiger partial charge in [-0.15, -0.1) is 0 Å². The zero-order valence-corrected chi connectivity index (χ0v) is 6.32. The molecule has 0 amide bonds. The molecule has 1 aromatic heterocycles. The molecule has 2 nitrogen and oxygen atoms in total. The number of aromatic nitrogens is 1. The molecule has 1 aromatic rings. The Kier molecular flexibility index (Phi) is 2.55. The van der Waals surface area contributed by atoms with Crippen LogP contribution in [0.3, 0.4) is 0 Å². The van der Waals surface area contributed by atoms with E-state index < -0.39 is 0 Å². The molecule has 0 spiro atoms. The molecule has 11 heavy (non-hydrogen) atoms. The molecule has 1 heterocycles. The number of carbonyl (C=O) groups is 1. The van der Waals surface area contributed by atoms with Gasteiger partial charge in [0.25, 0.3) is 0 Å². The quantitative estimate of drug-likeness (QED) is 0.596. The van der Waals surface area contributed by atoms with Crippen molar-refractivity contribution in [2.75, 3.05) is 0 Å². The van der Waals surface area contributed by atoms with E-state index in [-0.39, 0.29) is 5.78 Å². The van der Waals surface area contributed by atoms with Crippen LogP contribution in [0.2, 0.25) is 0 Å². The second-order valence-electron chi connectivity index (χ2n) is 2.20. The summed E-state index contributed by atoms with van der Waals surface area (Å²) >= 11 is 0. The Morgan fingerprint density at radius 1 is 1.55 bits per heavy atom. The predicted octanol–water partition coefficient (Wildman–Crippen LogP) is 1.68. The molecule has 0 aromatic carbocycles. The first-order chi connectivity index (χ1) is 5.29. The third kappa shape index (κ3) is 2.76. The summed E-state index contributed by atoms with van der Waals surface area (Å²) in [5, 5.41) is 0. The van der Waals surface area contributed by atoms with Crippen molar-refractivity contribution in [3.05, 3.63) is 36.2 Å². The van der Waals surface area contributed by atoms with E-state index >= 15 is 0 Å². The van der Waals surface area contributed by atoms with Crippen molar-refractivity contribution in [3.8, 4) is 0 Å². The maximum absolute atomic E-state index is 10.5. The monoisotopic (exact) mass is 147 g/mol. The molecular formula is C9H9NO. The number of pyridine rings is 1. The summed E-state index contributed by atoms with van der Waals surface area (Å²) in [7, 11) is 0. The first-order valence-corrected chi connectivity index (χ1v) is 3.39. The number of nitrogens with zero attached hydrogens (tertiary/aromatic N) is 1. The van der Waals surface area contributed by atoms with Gasteiger partial charge in [-0.3, -0.25) is 9.78 Å². The van der Waals surface area contributed by atoms with Gasteiger partial charge in [0.2, 0.25) is 0 Å². The summed E-state index contributed by atoms with van der Waals surface area (Å²) in [4.78, 5) is 14.5. The van der Waals surface area contributed by atoms with E-state index in [2.05, 4.69) is 4.98 Å². The lowest BCUT2D eigenvalue weighted by Gasteiger charge is -1.87. The Hall–Kier alpha value is -1.44. The lowest BCUT2D eigenvalue weighted by molar-refractivity contribution is -0.112. The van der Waals surface area contributed by atoms with Crippen LogP contribution in [0.5, 0.6) is 0 Å². The summed E-state index contributed by atoms with van der Waals surface area (Å²) in [6.07, 6.45) is 4.89. The summed E-state index contributed by atoms with van der Waals surface area (Å²) < 4.78 is 0. The van der Waals surface area contributed by atoms with Crippen LogP contribution in [-0.4, -0.2) is 10.8 Å². The number of rotatable bonds is 2. The fraction of sp³-hybridized carbons (Fsp3) is 0.111. The molecule has 0 atom stereocenters. The van der Waals surface area contributed by atoms with E-state index in [0.29, 0.717) is 0 Å².